The number of methoxy groups -OCH3 is 1. The van der Waals surface area contributed by atoms with Gasteiger partial charge in [-0.1, -0.05) is 6.92 Å². The van der Waals surface area contributed by atoms with Gasteiger partial charge in [0, 0.05) is 12.6 Å². The van der Waals surface area contributed by atoms with Gasteiger partial charge in [0.25, 0.3) is 5.91 Å². The number of ether oxygens (including phenoxy) is 1. The molecule has 1 fully saturated rings. The molecule has 0 aromatic heterocycles. The van der Waals surface area contributed by atoms with Crippen LogP contribution in [-0.2, 0) is 0 Å². The van der Waals surface area contributed by atoms with E-state index in [1.165, 1.54) is 13.2 Å². The van der Waals surface area contributed by atoms with Crippen molar-refractivity contribution in [1.29, 1.82) is 0 Å². The van der Waals surface area contributed by atoms with Gasteiger partial charge in [-0.3, -0.25) is 4.79 Å². The predicted octanol–water partition coefficient (Wildman–Crippen LogP) is 1.86. The topological polar surface area (TPSA) is 61.8 Å². The average Bonchev–Trinajstić information content (AvgIpc) is 2.48. The SMILES string of the molecule is COc1ccc(C(=O)NCC2(C)CCN(C)CC2)c(O)c1. The first kappa shape index (κ1) is 15.6. The molecule has 0 spiro atoms. The number of benzene rings is 1. The standard InChI is InChI=1S/C16H24N2O3/c1-16(6-8-18(2)9-7-16)11-17-15(20)13-5-4-12(21-3)10-14(13)19/h4-5,10,19H,6-9,11H2,1-3H3,(H,17,20). The molecule has 1 heterocycles. The molecule has 116 valence electrons. The Bertz CT molecular complexity index is 508. The van der Waals surface area contributed by atoms with Crippen LogP contribution in [0.15, 0.2) is 18.2 Å². The first-order valence-electron chi connectivity index (χ1n) is 7.27. The molecular formula is C16H24N2O3. The minimum Gasteiger partial charge on any atom is -0.507 e. The van der Waals surface area contributed by atoms with E-state index >= 15 is 0 Å². The second-order valence-electron chi connectivity index (χ2n) is 6.18. The number of phenols is 1. The highest BCUT2D eigenvalue weighted by Gasteiger charge is 2.29. The monoisotopic (exact) mass is 292 g/mol. The minimum absolute atomic E-state index is 0.0552. The summed E-state index contributed by atoms with van der Waals surface area (Å²) in [6.45, 7) is 4.94. The number of likely N-dealkylation sites (tertiary alicyclic amines) is 1. The van der Waals surface area contributed by atoms with Crippen LogP contribution in [0.1, 0.15) is 30.1 Å². The van der Waals surface area contributed by atoms with Crippen LogP contribution in [0.4, 0.5) is 0 Å². The fraction of sp³-hybridized carbons (Fsp3) is 0.562. The molecule has 21 heavy (non-hydrogen) atoms. The summed E-state index contributed by atoms with van der Waals surface area (Å²) in [5.41, 5.74) is 0.414. The second-order valence-corrected chi connectivity index (χ2v) is 6.18. The molecule has 1 aliphatic heterocycles. The van der Waals surface area contributed by atoms with Crippen LogP contribution >= 0.6 is 0 Å². The van der Waals surface area contributed by atoms with Gasteiger partial charge in [0.1, 0.15) is 11.5 Å². The van der Waals surface area contributed by atoms with E-state index in [0.717, 1.165) is 25.9 Å². The molecule has 1 amide bonds. The highest BCUT2D eigenvalue weighted by Crippen LogP contribution is 2.30. The van der Waals surface area contributed by atoms with Crippen LogP contribution in [-0.4, -0.2) is 49.7 Å². The Morgan fingerprint density at radius 1 is 1.43 bits per heavy atom. The highest BCUT2D eigenvalue weighted by molar-refractivity contribution is 5.97. The van der Waals surface area contributed by atoms with Crippen molar-refractivity contribution in [2.75, 3.05) is 33.8 Å². The molecule has 1 aromatic carbocycles. The molecule has 0 saturated carbocycles. The summed E-state index contributed by atoms with van der Waals surface area (Å²) in [4.78, 5) is 14.5. The Morgan fingerprint density at radius 2 is 2.10 bits per heavy atom. The van der Waals surface area contributed by atoms with Crippen molar-refractivity contribution in [2.24, 2.45) is 5.41 Å². The largest absolute Gasteiger partial charge is 0.507 e. The molecule has 1 saturated heterocycles. The number of hydrogen-bond donors (Lipinski definition) is 2. The number of carbonyl (C=O) groups excluding carboxylic acids is 1. The molecule has 0 radical (unpaired) electrons. The number of aromatic hydroxyl groups is 1. The Morgan fingerprint density at radius 3 is 2.67 bits per heavy atom. The lowest BCUT2D eigenvalue weighted by Crippen LogP contribution is -2.43. The van der Waals surface area contributed by atoms with Gasteiger partial charge >= 0.3 is 0 Å². The van der Waals surface area contributed by atoms with Crippen molar-refractivity contribution in [1.82, 2.24) is 10.2 Å². The molecule has 1 aromatic rings. The Labute approximate surface area is 125 Å². The van der Waals surface area contributed by atoms with Crippen molar-refractivity contribution < 1.29 is 14.6 Å². The molecule has 2 N–H and O–H groups in total. The van der Waals surface area contributed by atoms with Gasteiger partial charge < -0.3 is 20.1 Å². The van der Waals surface area contributed by atoms with Crippen LogP contribution in [0.3, 0.4) is 0 Å². The van der Waals surface area contributed by atoms with Crippen molar-refractivity contribution in [2.45, 2.75) is 19.8 Å². The number of hydrogen-bond acceptors (Lipinski definition) is 4. The van der Waals surface area contributed by atoms with Crippen molar-refractivity contribution in [3.05, 3.63) is 23.8 Å². The van der Waals surface area contributed by atoms with E-state index < -0.39 is 0 Å². The van der Waals surface area contributed by atoms with Crippen LogP contribution < -0.4 is 10.1 Å². The normalized spacial score (nSPS) is 18.2. The van der Waals surface area contributed by atoms with E-state index in [1.807, 2.05) is 0 Å². The highest BCUT2D eigenvalue weighted by atomic mass is 16.5. The Balaban J connectivity index is 1.95. The van der Waals surface area contributed by atoms with Gasteiger partial charge in [0.15, 0.2) is 0 Å². The Hall–Kier alpha value is -1.75. The quantitative estimate of drug-likeness (QED) is 0.889. The lowest BCUT2D eigenvalue weighted by Gasteiger charge is -2.37. The van der Waals surface area contributed by atoms with Gasteiger partial charge in [-0.2, -0.15) is 0 Å². The summed E-state index contributed by atoms with van der Waals surface area (Å²) in [6.07, 6.45) is 2.14. The fourth-order valence-corrected chi connectivity index (χ4v) is 2.55. The van der Waals surface area contributed by atoms with E-state index in [0.29, 0.717) is 12.3 Å². The van der Waals surface area contributed by atoms with E-state index in [4.69, 9.17) is 4.74 Å². The number of piperidine rings is 1. The van der Waals surface area contributed by atoms with Crippen LogP contribution in [0.25, 0.3) is 0 Å². The van der Waals surface area contributed by atoms with Crippen molar-refractivity contribution in [3.63, 3.8) is 0 Å². The third kappa shape index (κ3) is 3.88. The zero-order chi connectivity index (χ0) is 15.5. The number of phenolic OH excluding ortho intramolecular Hbond substituents is 1. The van der Waals surface area contributed by atoms with E-state index in [2.05, 4.69) is 24.2 Å². The lowest BCUT2D eigenvalue weighted by atomic mass is 9.80. The smallest absolute Gasteiger partial charge is 0.255 e. The summed E-state index contributed by atoms with van der Waals surface area (Å²) in [5.74, 6) is 0.238. The van der Waals surface area contributed by atoms with Gasteiger partial charge in [-0.25, -0.2) is 0 Å². The third-order valence-corrected chi connectivity index (χ3v) is 4.32. The molecule has 0 aliphatic carbocycles. The van der Waals surface area contributed by atoms with Crippen LogP contribution in [0.2, 0.25) is 0 Å². The molecule has 0 unspecified atom stereocenters. The fourth-order valence-electron chi connectivity index (χ4n) is 2.55. The second kappa shape index (κ2) is 6.35. The van der Waals surface area contributed by atoms with E-state index in [9.17, 15) is 9.90 Å². The molecule has 2 rings (SSSR count). The number of nitrogens with one attached hydrogen (secondary N) is 1. The third-order valence-electron chi connectivity index (χ3n) is 4.32. The maximum absolute atomic E-state index is 12.2. The van der Waals surface area contributed by atoms with Gasteiger partial charge in [-0.05, 0) is 50.5 Å². The summed E-state index contributed by atoms with van der Waals surface area (Å²) < 4.78 is 5.01. The van der Waals surface area contributed by atoms with Gasteiger partial charge in [0.05, 0.1) is 12.7 Å². The summed E-state index contributed by atoms with van der Waals surface area (Å²) in [5, 5.41) is 12.8. The molecule has 0 bridgehead atoms. The van der Waals surface area contributed by atoms with Gasteiger partial charge in [-0.15, -0.1) is 0 Å². The number of amides is 1. The lowest BCUT2D eigenvalue weighted by molar-refractivity contribution is 0.0889. The van der Waals surface area contributed by atoms with Crippen molar-refractivity contribution >= 4 is 5.91 Å². The van der Waals surface area contributed by atoms with Crippen molar-refractivity contribution in [3.8, 4) is 11.5 Å². The summed E-state index contributed by atoms with van der Waals surface area (Å²) >= 11 is 0. The average molecular weight is 292 g/mol. The zero-order valence-corrected chi connectivity index (χ0v) is 13.0. The molecule has 5 nitrogen and oxygen atoms in total. The number of carbonyl (C=O) groups is 1. The predicted molar refractivity (Wildman–Crippen MR) is 81.8 cm³/mol. The van der Waals surface area contributed by atoms with Gasteiger partial charge in [0.2, 0.25) is 0 Å². The zero-order valence-electron chi connectivity index (χ0n) is 13.0. The Kier molecular flexibility index (Phi) is 4.73. The minimum atomic E-state index is -0.240. The maximum Gasteiger partial charge on any atom is 0.255 e. The first-order chi connectivity index (χ1) is 9.93. The summed E-state index contributed by atoms with van der Waals surface area (Å²) in [7, 11) is 3.64. The van der Waals surface area contributed by atoms with E-state index in [-0.39, 0.29) is 22.6 Å². The molecule has 1 aliphatic rings. The first-order valence-corrected chi connectivity index (χ1v) is 7.27. The maximum atomic E-state index is 12.2. The van der Waals surface area contributed by atoms with E-state index in [1.54, 1.807) is 12.1 Å². The molecule has 0 atom stereocenters. The summed E-state index contributed by atoms with van der Waals surface area (Å²) in [6, 6.07) is 4.71. The number of nitrogens with zero attached hydrogens (tertiary/aromatic N) is 1. The van der Waals surface area contributed by atoms with Crippen LogP contribution in [0.5, 0.6) is 11.5 Å². The molecular weight excluding hydrogens is 268 g/mol. The number of rotatable bonds is 4. The van der Waals surface area contributed by atoms with Crippen LogP contribution in [0, 0.1) is 5.41 Å². The molecule has 5 heteroatoms.